The zero-order chi connectivity index (χ0) is 16.2. The molecule has 3 N–H and O–H groups in total. The van der Waals surface area contributed by atoms with Crippen molar-refractivity contribution in [3.05, 3.63) is 12.2 Å². The second-order valence-electron chi connectivity index (χ2n) is 5.91. The van der Waals surface area contributed by atoms with Crippen molar-refractivity contribution in [2.24, 2.45) is 0 Å². The molecule has 1 aliphatic rings. The maximum Gasteiger partial charge on any atom is 0.114 e. The Kier molecular flexibility index (Phi) is 10.7. The highest BCUT2D eigenvalue weighted by Gasteiger charge is 2.40. The molecule has 130 valence electrons. The summed E-state index contributed by atoms with van der Waals surface area (Å²) in [6, 6.07) is 0. The third-order valence-corrected chi connectivity index (χ3v) is 3.96. The summed E-state index contributed by atoms with van der Waals surface area (Å²) in [6.07, 6.45) is 9.34. The molecule has 4 atom stereocenters. The van der Waals surface area contributed by atoms with Crippen LogP contribution in [0.1, 0.15) is 51.9 Å². The highest BCUT2D eigenvalue weighted by Crippen LogP contribution is 2.19. The summed E-state index contributed by atoms with van der Waals surface area (Å²) in [5.74, 6) is 0. The van der Waals surface area contributed by atoms with Gasteiger partial charge in [0.25, 0.3) is 0 Å². The van der Waals surface area contributed by atoms with Crippen LogP contribution in [0.2, 0.25) is 0 Å². The molecule has 0 aromatic heterocycles. The molecule has 0 unspecified atom stereocenters. The number of rotatable bonds is 12. The van der Waals surface area contributed by atoms with Crippen molar-refractivity contribution >= 4 is 0 Å². The van der Waals surface area contributed by atoms with E-state index in [2.05, 4.69) is 19.1 Å². The van der Waals surface area contributed by atoms with Crippen molar-refractivity contribution < 1.29 is 24.8 Å². The molecule has 0 spiro atoms. The lowest BCUT2D eigenvalue weighted by Gasteiger charge is -2.24. The number of ether oxygens (including phenoxy) is 2. The molecule has 0 bridgehead atoms. The van der Waals surface area contributed by atoms with E-state index in [1.165, 1.54) is 25.7 Å². The molecule has 1 fully saturated rings. The molecule has 0 radical (unpaired) electrons. The summed E-state index contributed by atoms with van der Waals surface area (Å²) in [5.41, 5.74) is 0. The van der Waals surface area contributed by atoms with E-state index in [-0.39, 0.29) is 13.2 Å². The topological polar surface area (TPSA) is 79.2 Å². The van der Waals surface area contributed by atoms with Gasteiger partial charge in [-0.05, 0) is 25.7 Å². The van der Waals surface area contributed by atoms with Gasteiger partial charge in [-0.25, -0.2) is 0 Å². The number of hydrogen-bond acceptors (Lipinski definition) is 5. The van der Waals surface area contributed by atoms with Gasteiger partial charge in [-0.1, -0.05) is 38.3 Å². The summed E-state index contributed by atoms with van der Waals surface area (Å²) in [4.78, 5) is 0. The Bertz CT molecular complexity index is 295. The lowest BCUT2D eigenvalue weighted by atomic mass is 10.1. The number of unbranched alkanes of at least 4 members (excludes halogenated alkanes) is 5. The number of aliphatic hydroxyl groups is 3. The fourth-order valence-electron chi connectivity index (χ4n) is 2.56. The van der Waals surface area contributed by atoms with Crippen molar-refractivity contribution in [1.29, 1.82) is 0 Å². The van der Waals surface area contributed by atoms with Crippen LogP contribution in [-0.2, 0) is 9.47 Å². The Labute approximate surface area is 133 Å². The van der Waals surface area contributed by atoms with Gasteiger partial charge in [0, 0.05) is 6.61 Å². The van der Waals surface area contributed by atoms with Crippen molar-refractivity contribution in [2.45, 2.75) is 76.3 Å². The lowest BCUT2D eigenvalue weighted by Crippen LogP contribution is -2.42. The third-order valence-electron chi connectivity index (χ3n) is 3.96. The van der Waals surface area contributed by atoms with Gasteiger partial charge in [0.15, 0.2) is 0 Å². The van der Waals surface area contributed by atoms with Crippen molar-refractivity contribution in [1.82, 2.24) is 0 Å². The van der Waals surface area contributed by atoms with E-state index >= 15 is 0 Å². The fourth-order valence-corrected chi connectivity index (χ4v) is 2.56. The number of aliphatic hydroxyl groups excluding tert-OH is 3. The van der Waals surface area contributed by atoms with Gasteiger partial charge in [-0.2, -0.15) is 0 Å². The molecule has 1 saturated heterocycles. The summed E-state index contributed by atoms with van der Waals surface area (Å²) in [7, 11) is 0. The molecule has 1 rings (SSSR count). The maximum absolute atomic E-state index is 9.75. The predicted octanol–water partition coefficient (Wildman–Crippen LogP) is 1.79. The summed E-state index contributed by atoms with van der Waals surface area (Å²) < 4.78 is 10.9. The Hall–Kier alpha value is -0.460. The first kappa shape index (κ1) is 19.6. The van der Waals surface area contributed by atoms with Crippen LogP contribution in [-0.4, -0.2) is 59.6 Å². The average Bonchev–Trinajstić information content (AvgIpc) is 2.85. The van der Waals surface area contributed by atoms with E-state index in [1.54, 1.807) is 0 Å². The first-order chi connectivity index (χ1) is 10.7. The smallest absolute Gasteiger partial charge is 0.114 e. The largest absolute Gasteiger partial charge is 0.394 e. The Morgan fingerprint density at radius 2 is 1.86 bits per heavy atom. The van der Waals surface area contributed by atoms with Crippen LogP contribution < -0.4 is 0 Å². The van der Waals surface area contributed by atoms with Gasteiger partial charge in [0.1, 0.15) is 24.4 Å². The van der Waals surface area contributed by atoms with Crippen LogP contribution in [0.15, 0.2) is 12.2 Å². The average molecular weight is 316 g/mol. The monoisotopic (exact) mass is 316 g/mol. The van der Waals surface area contributed by atoms with Gasteiger partial charge >= 0.3 is 0 Å². The third kappa shape index (κ3) is 7.20. The molecule has 0 amide bonds. The normalized spacial score (nSPS) is 26.8. The van der Waals surface area contributed by atoms with E-state index in [0.29, 0.717) is 6.61 Å². The van der Waals surface area contributed by atoms with E-state index in [9.17, 15) is 15.3 Å². The molecule has 0 aliphatic carbocycles. The van der Waals surface area contributed by atoms with Crippen LogP contribution in [0.25, 0.3) is 0 Å². The first-order valence-electron chi connectivity index (χ1n) is 8.55. The molecule has 5 nitrogen and oxygen atoms in total. The summed E-state index contributed by atoms with van der Waals surface area (Å²) >= 11 is 0. The number of allylic oxidation sites excluding steroid dienone is 2. The van der Waals surface area contributed by atoms with Crippen LogP contribution in [0, 0.1) is 0 Å². The van der Waals surface area contributed by atoms with Gasteiger partial charge < -0.3 is 24.8 Å². The maximum atomic E-state index is 9.75. The second-order valence-corrected chi connectivity index (χ2v) is 5.91. The quantitative estimate of drug-likeness (QED) is 0.378. The molecule has 0 aromatic rings. The molecular formula is C17H32O5. The van der Waals surface area contributed by atoms with E-state index < -0.39 is 24.4 Å². The fraction of sp³-hybridized carbons (Fsp3) is 0.882. The van der Waals surface area contributed by atoms with Crippen LogP contribution in [0.3, 0.4) is 0 Å². The van der Waals surface area contributed by atoms with Gasteiger partial charge in [-0.3, -0.25) is 0 Å². The summed E-state index contributed by atoms with van der Waals surface area (Å²) in [6.45, 7) is 2.60. The van der Waals surface area contributed by atoms with E-state index in [0.717, 1.165) is 19.3 Å². The highest BCUT2D eigenvalue weighted by molar-refractivity contribution is 4.88. The van der Waals surface area contributed by atoms with Crippen LogP contribution in [0.5, 0.6) is 0 Å². The molecule has 1 aliphatic heterocycles. The minimum atomic E-state index is -0.980. The zero-order valence-electron chi connectivity index (χ0n) is 13.7. The van der Waals surface area contributed by atoms with Crippen molar-refractivity contribution in [3.63, 3.8) is 0 Å². The second kappa shape index (κ2) is 12.0. The Morgan fingerprint density at radius 1 is 1.14 bits per heavy atom. The van der Waals surface area contributed by atoms with Crippen molar-refractivity contribution in [2.75, 3.05) is 19.8 Å². The van der Waals surface area contributed by atoms with E-state index in [1.807, 2.05) is 0 Å². The molecule has 22 heavy (non-hydrogen) atoms. The molecular weight excluding hydrogens is 284 g/mol. The summed E-state index contributed by atoms with van der Waals surface area (Å²) in [5, 5.41) is 28.5. The minimum absolute atomic E-state index is 0.0945. The molecule has 5 heteroatoms. The SMILES string of the molecule is CCC/C=C/CCCCCCO[C@H](CO)[C@H]1OC[C@H](O)[C@H]1O. The molecule has 1 heterocycles. The standard InChI is InChI=1S/C17H32O5/c1-2-3-4-5-6-7-8-9-10-11-21-15(12-18)17-16(20)14(19)13-22-17/h4-5,14-20H,2-3,6-13H2,1H3/b5-4+/t14-,15+,16+,17+/m0/s1. The Morgan fingerprint density at radius 3 is 2.50 bits per heavy atom. The van der Waals surface area contributed by atoms with Crippen LogP contribution >= 0.6 is 0 Å². The predicted molar refractivity (Wildman–Crippen MR) is 85.7 cm³/mol. The zero-order valence-corrected chi connectivity index (χ0v) is 13.7. The molecule has 0 saturated carbocycles. The van der Waals surface area contributed by atoms with E-state index in [4.69, 9.17) is 9.47 Å². The highest BCUT2D eigenvalue weighted by atomic mass is 16.6. The molecule has 0 aromatic carbocycles. The Balaban J connectivity index is 2.03. The lowest BCUT2D eigenvalue weighted by molar-refractivity contribution is -0.101. The van der Waals surface area contributed by atoms with Crippen molar-refractivity contribution in [3.8, 4) is 0 Å². The van der Waals surface area contributed by atoms with Gasteiger partial charge in [-0.15, -0.1) is 0 Å². The minimum Gasteiger partial charge on any atom is -0.394 e. The van der Waals surface area contributed by atoms with Gasteiger partial charge in [0.05, 0.1) is 13.2 Å². The van der Waals surface area contributed by atoms with Crippen LogP contribution in [0.4, 0.5) is 0 Å². The number of hydrogen-bond donors (Lipinski definition) is 3. The first-order valence-corrected chi connectivity index (χ1v) is 8.55. The van der Waals surface area contributed by atoms with Gasteiger partial charge in [0.2, 0.25) is 0 Å².